The van der Waals surface area contributed by atoms with Crippen molar-refractivity contribution in [1.29, 1.82) is 0 Å². The number of benzene rings is 1. The molecule has 2 aliphatic rings. The molecule has 2 aliphatic heterocycles. The summed E-state index contributed by atoms with van der Waals surface area (Å²) in [5, 5.41) is 7.05. The van der Waals surface area contributed by atoms with Gasteiger partial charge in [0.05, 0.1) is 25.5 Å². The first-order valence-corrected chi connectivity index (χ1v) is 10.7. The molecular weight excluding hydrogens is 366 g/mol. The predicted octanol–water partition coefficient (Wildman–Crippen LogP) is 3.49. The maximum Gasteiger partial charge on any atom is 0.191 e. The lowest BCUT2D eigenvalue weighted by atomic mass is 9.94. The topological polar surface area (TPSA) is 68.0 Å². The van der Waals surface area contributed by atoms with Crippen LogP contribution in [0.15, 0.2) is 52.1 Å². The van der Waals surface area contributed by atoms with Crippen molar-refractivity contribution in [3.05, 3.63) is 54.0 Å². The fraction of sp³-hybridized carbons (Fsp3) is 0.522. The van der Waals surface area contributed by atoms with Crippen LogP contribution in [0.1, 0.15) is 43.4 Å². The van der Waals surface area contributed by atoms with Gasteiger partial charge in [0.25, 0.3) is 0 Å². The minimum absolute atomic E-state index is 0.195. The molecule has 0 spiro atoms. The molecule has 2 aromatic rings. The molecule has 1 aromatic heterocycles. The average Bonchev–Trinajstić information content (AvgIpc) is 3.42. The third-order valence-corrected chi connectivity index (χ3v) is 5.68. The monoisotopic (exact) mass is 397 g/mol. The Hall–Kier alpha value is -2.47. The van der Waals surface area contributed by atoms with Crippen molar-refractivity contribution in [2.75, 3.05) is 26.3 Å². The Morgan fingerprint density at radius 2 is 2.14 bits per heavy atom. The summed E-state index contributed by atoms with van der Waals surface area (Å²) in [7, 11) is 0. The van der Waals surface area contributed by atoms with Crippen LogP contribution in [0.25, 0.3) is 0 Å². The molecule has 0 aliphatic carbocycles. The molecule has 1 aromatic carbocycles. The molecule has 0 bridgehead atoms. The molecule has 0 saturated carbocycles. The van der Waals surface area contributed by atoms with E-state index in [0.717, 1.165) is 49.9 Å². The molecule has 3 atom stereocenters. The molecule has 1 saturated heterocycles. The number of hydrogen-bond acceptors (Lipinski definition) is 4. The lowest BCUT2D eigenvalue weighted by Crippen LogP contribution is -2.46. The van der Waals surface area contributed by atoms with E-state index in [1.165, 1.54) is 12.0 Å². The van der Waals surface area contributed by atoms with Crippen LogP contribution in [0.4, 0.5) is 0 Å². The third kappa shape index (κ3) is 5.32. The van der Waals surface area contributed by atoms with Crippen LogP contribution in [0.5, 0.6) is 5.75 Å². The summed E-state index contributed by atoms with van der Waals surface area (Å²) >= 11 is 0. The van der Waals surface area contributed by atoms with E-state index in [-0.39, 0.29) is 12.1 Å². The van der Waals surface area contributed by atoms with E-state index in [1.807, 2.05) is 24.3 Å². The van der Waals surface area contributed by atoms with Gasteiger partial charge in [-0.25, -0.2) is 0 Å². The SMILES string of the molecule is CC(NC(=NCC1CCCCO1)NCCc1ccco1)C1COc2ccccc21. The molecule has 6 heteroatoms. The first-order chi connectivity index (χ1) is 14.3. The molecule has 156 valence electrons. The number of fused-ring (bicyclic) bond motifs is 1. The number of furan rings is 1. The average molecular weight is 398 g/mol. The van der Waals surface area contributed by atoms with Crippen molar-refractivity contribution in [3.63, 3.8) is 0 Å². The number of rotatable bonds is 7. The van der Waals surface area contributed by atoms with E-state index in [2.05, 4.69) is 29.7 Å². The van der Waals surface area contributed by atoms with Gasteiger partial charge >= 0.3 is 0 Å². The number of nitrogens with one attached hydrogen (secondary N) is 2. The summed E-state index contributed by atoms with van der Waals surface area (Å²) in [5.41, 5.74) is 1.26. The molecule has 6 nitrogen and oxygen atoms in total. The van der Waals surface area contributed by atoms with Crippen molar-refractivity contribution >= 4 is 5.96 Å². The van der Waals surface area contributed by atoms with Crippen molar-refractivity contribution in [2.24, 2.45) is 4.99 Å². The fourth-order valence-corrected chi connectivity index (χ4v) is 3.97. The third-order valence-electron chi connectivity index (χ3n) is 5.68. The summed E-state index contributed by atoms with van der Waals surface area (Å²) in [6.45, 7) is 5.17. The van der Waals surface area contributed by atoms with Crippen LogP contribution < -0.4 is 15.4 Å². The molecule has 0 radical (unpaired) electrons. The normalized spacial score (nSPS) is 22.6. The second kappa shape index (κ2) is 9.83. The number of ether oxygens (including phenoxy) is 2. The maximum atomic E-state index is 5.87. The van der Waals surface area contributed by atoms with Crippen LogP contribution >= 0.6 is 0 Å². The van der Waals surface area contributed by atoms with Gasteiger partial charge in [0, 0.05) is 37.1 Å². The standard InChI is InChI=1S/C23H31N3O3/c1-17(21-16-29-22-10-3-2-9-20(21)22)26-23(24-12-11-18-8-6-14-27-18)25-15-19-7-4-5-13-28-19/h2-3,6,8-10,14,17,19,21H,4-5,7,11-13,15-16H2,1H3,(H2,24,25,26). The van der Waals surface area contributed by atoms with Gasteiger partial charge in [0.15, 0.2) is 5.96 Å². The van der Waals surface area contributed by atoms with Crippen molar-refractivity contribution in [1.82, 2.24) is 10.6 Å². The van der Waals surface area contributed by atoms with Crippen molar-refractivity contribution in [2.45, 2.75) is 50.7 Å². The van der Waals surface area contributed by atoms with Gasteiger partial charge < -0.3 is 24.5 Å². The molecule has 4 rings (SSSR count). The summed E-state index contributed by atoms with van der Waals surface area (Å²) in [5.74, 6) is 3.08. The number of hydrogen-bond donors (Lipinski definition) is 2. The van der Waals surface area contributed by atoms with Crippen LogP contribution in [0.2, 0.25) is 0 Å². The van der Waals surface area contributed by atoms with E-state index < -0.39 is 0 Å². The van der Waals surface area contributed by atoms with Crippen LogP contribution in [0.3, 0.4) is 0 Å². The Kier molecular flexibility index (Phi) is 6.72. The largest absolute Gasteiger partial charge is 0.493 e. The Balaban J connectivity index is 1.38. The van der Waals surface area contributed by atoms with Crippen LogP contribution in [-0.2, 0) is 11.2 Å². The number of guanidine groups is 1. The predicted molar refractivity (Wildman–Crippen MR) is 114 cm³/mol. The van der Waals surface area contributed by atoms with Gasteiger partial charge in [-0.05, 0) is 44.4 Å². The van der Waals surface area contributed by atoms with Gasteiger partial charge in [-0.1, -0.05) is 18.2 Å². The number of para-hydroxylation sites is 1. The Morgan fingerprint density at radius 1 is 1.21 bits per heavy atom. The molecule has 3 heterocycles. The molecular formula is C23H31N3O3. The lowest BCUT2D eigenvalue weighted by Gasteiger charge is -2.24. The molecule has 1 fully saturated rings. The smallest absolute Gasteiger partial charge is 0.191 e. The zero-order valence-electron chi connectivity index (χ0n) is 17.1. The number of nitrogens with zero attached hydrogens (tertiary/aromatic N) is 1. The van der Waals surface area contributed by atoms with E-state index in [0.29, 0.717) is 19.1 Å². The second-order valence-corrected chi connectivity index (χ2v) is 7.82. The Morgan fingerprint density at radius 3 is 2.97 bits per heavy atom. The van der Waals surface area contributed by atoms with Gasteiger partial charge in [0.1, 0.15) is 11.5 Å². The Labute approximate surface area is 172 Å². The second-order valence-electron chi connectivity index (χ2n) is 7.82. The molecule has 29 heavy (non-hydrogen) atoms. The summed E-state index contributed by atoms with van der Waals surface area (Å²) in [4.78, 5) is 4.83. The lowest BCUT2D eigenvalue weighted by molar-refractivity contribution is 0.0224. The van der Waals surface area contributed by atoms with E-state index in [4.69, 9.17) is 18.9 Å². The van der Waals surface area contributed by atoms with Crippen LogP contribution in [-0.4, -0.2) is 44.4 Å². The minimum Gasteiger partial charge on any atom is -0.493 e. The number of aliphatic imine (C=N–C) groups is 1. The van der Waals surface area contributed by atoms with Crippen molar-refractivity contribution < 1.29 is 13.9 Å². The summed E-state index contributed by atoms with van der Waals surface area (Å²) < 4.78 is 17.1. The Bertz CT molecular complexity index is 784. The highest BCUT2D eigenvalue weighted by Crippen LogP contribution is 2.35. The highest BCUT2D eigenvalue weighted by atomic mass is 16.5. The van der Waals surface area contributed by atoms with Gasteiger partial charge in [-0.2, -0.15) is 0 Å². The maximum absolute atomic E-state index is 5.87. The first-order valence-electron chi connectivity index (χ1n) is 10.7. The van der Waals surface area contributed by atoms with Gasteiger partial charge in [-0.3, -0.25) is 4.99 Å². The minimum atomic E-state index is 0.195. The fourth-order valence-electron chi connectivity index (χ4n) is 3.97. The summed E-state index contributed by atoms with van der Waals surface area (Å²) in [6, 6.07) is 12.4. The molecule has 3 unspecified atom stereocenters. The highest BCUT2D eigenvalue weighted by molar-refractivity contribution is 5.80. The van der Waals surface area contributed by atoms with Gasteiger partial charge in [0.2, 0.25) is 0 Å². The van der Waals surface area contributed by atoms with E-state index in [1.54, 1.807) is 6.26 Å². The molecule has 0 amide bonds. The van der Waals surface area contributed by atoms with Crippen molar-refractivity contribution in [3.8, 4) is 5.75 Å². The van der Waals surface area contributed by atoms with E-state index in [9.17, 15) is 0 Å². The quantitative estimate of drug-likeness (QED) is 0.553. The molecule has 2 N–H and O–H groups in total. The zero-order chi connectivity index (χ0) is 19.9. The highest BCUT2D eigenvalue weighted by Gasteiger charge is 2.29. The first kappa shape index (κ1) is 19.8. The zero-order valence-corrected chi connectivity index (χ0v) is 17.1. The van der Waals surface area contributed by atoms with E-state index >= 15 is 0 Å². The van der Waals surface area contributed by atoms with Gasteiger partial charge in [-0.15, -0.1) is 0 Å². The van der Waals surface area contributed by atoms with Crippen LogP contribution in [0, 0.1) is 0 Å². The summed E-state index contributed by atoms with van der Waals surface area (Å²) in [6.07, 6.45) is 6.22.